The number of imidazole rings is 1. The van der Waals surface area contributed by atoms with Gasteiger partial charge in [0, 0.05) is 13.5 Å². The third kappa shape index (κ3) is 2.42. The van der Waals surface area contributed by atoms with Crippen molar-refractivity contribution >= 4 is 11.2 Å². The molecule has 1 aliphatic rings. The molecule has 0 spiro atoms. The molecule has 0 aliphatic heterocycles. The van der Waals surface area contributed by atoms with Crippen LogP contribution in [0.25, 0.3) is 11.2 Å². The van der Waals surface area contributed by atoms with Crippen molar-refractivity contribution in [3.8, 4) is 0 Å². The summed E-state index contributed by atoms with van der Waals surface area (Å²) < 4.78 is 1.38. The highest BCUT2D eigenvalue weighted by Crippen LogP contribution is 2.25. The van der Waals surface area contributed by atoms with E-state index in [2.05, 4.69) is 15.0 Å². The van der Waals surface area contributed by atoms with E-state index in [9.17, 15) is 9.59 Å². The number of hydrogen-bond donors (Lipinski definition) is 2. The van der Waals surface area contributed by atoms with E-state index in [1.165, 1.54) is 43.1 Å². The number of H-pyrrole nitrogens is 2. The van der Waals surface area contributed by atoms with Crippen molar-refractivity contribution in [1.82, 2.24) is 19.5 Å². The Bertz CT molecular complexity index is 717. The zero-order valence-corrected chi connectivity index (χ0v) is 11.7. The minimum atomic E-state index is -0.421. The zero-order chi connectivity index (χ0) is 14.1. The molecule has 0 bridgehead atoms. The molecule has 0 saturated heterocycles. The fourth-order valence-corrected chi connectivity index (χ4v) is 3.09. The van der Waals surface area contributed by atoms with Gasteiger partial charge in [-0.15, -0.1) is 0 Å². The Hall–Kier alpha value is -1.85. The van der Waals surface area contributed by atoms with Gasteiger partial charge in [-0.25, -0.2) is 9.78 Å². The molecule has 1 aliphatic carbocycles. The molecule has 1 fully saturated rings. The summed E-state index contributed by atoms with van der Waals surface area (Å²) in [4.78, 5) is 33.1. The lowest BCUT2D eigenvalue weighted by Gasteiger charge is -2.11. The molecule has 0 aromatic carbocycles. The van der Waals surface area contributed by atoms with E-state index in [0.717, 1.165) is 12.2 Å². The second-order valence-electron chi connectivity index (χ2n) is 5.76. The molecule has 0 radical (unpaired) electrons. The quantitative estimate of drug-likeness (QED) is 0.815. The van der Waals surface area contributed by atoms with Crippen LogP contribution in [-0.4, -0.2) is 19.5 Å². The second-order valence-corrected chi connectivity index (χ2v) is 5.76. The van der Waals surface area contributed by atoms with E-state index in [1.54, 1.807) is 7.05 Å². The molecule has 3 rings (SSSR count). The molecule has 2 heterocycles. The molecule has 108 valence electrons. The third-order valence-corrected chi connectivity index (χ3v) is 4.26. The number of rotatable bonds is 2. The van der Waals surface area contributed by atoms with Crippen molar-refractivity contribution in [2.45, 2.75) is 44.9 Å². The van der Waals surface area contributed by atoms with E-state index in [-0.39, 0.29) is 5.56 Å². The van der Waals surface area contributed by atoms with Crippen molar-refractivity contribution in [3.63, 3.8) is 0 Å². The summed E-state index contributed by atoms with van der Waals surface area (Å²) in [6, 6.07) is 0. The number of fused-ring (bicyclic) bond motifs is 1. The van der Waals surface area contributed by atoms with Crippen LogP contribution in [0.1, 0.15) is 44.3 Å². The van der Waals surface area contributed by atoms with Gasteiger partial charge in [0.25, 0.3) is 5.56 Å². The van der Waals surface area contributed by atoms with Crippen LogP contribution in [0.2, 0.25) is 0 Å². The van der Waals surface area contributed by atoms with Crippen molar-refractivity contribution in [2.75, 3.05) is 0 Å². The lowest BCUT2D eigenvalue weighted by molar-refractivity contribution is 0.450. The zero-order valence-electron chi connectivity index (χ0n) is 11.7. The minimum Gasteiger partial charge on any atom is -0.336 e. The van der Waals surface area contributed by atoms with Crippen LogP contribution in [0.3, 0.4) is 0 Å². The number of aryl methyl sites for hydroxylation is 1. The first-order valence-corrected chi connectivity index (χ1v) is 7.33. The molecule has 6 nitrogen and oxygen atoms in total. The van der Waals surface area contributed by atoms with E-state index >= 15 is 0 Å². The Labute approximate surface area is 116 Å². The fourth-order valence-electron chi connectivity index (χ4n) is 3.09. The highest BCUT2D eigenvalue weighted by Gasteiger charge is 2.16. The predicted molar refractivity (Wildman–Crippen MR) is 76.9 cm³/mol. The Kier molecular flexibility index (Phi) is 3.46. The average Bonchev–Trinajstić information content (AvgIpc) is 2.67. The lowest BCUT2D eigenvalue weighted by atomic mass is 9.96. The van der Waals surface area contributed by atoms with Crippen LogP contribution >= 0.6 is 0 Å². The number of hydrogen-bond acceptors (Lipinski definition) is 3. The van der Waals surface area contributed by atoms with Gasteiger partial charge in [-0.3, -0.25) is 14.3 Å². The van der Waals surface area contributed by atoms with E-state index < -0.39 is 5.69 Å². The maximum absolute atomic E-state index is 11.8. The molecule has 0 amide bonds. The second kappa shape index (κ2) is 5.26. The van der Waals surface area contributed by atoms with Gasteiger partial charge >= 0.3 is 5.69 Å². The van der Waals surface area contributed by atoms with Crippen LogP contribution in [0.15, 0.2) is 9.59 Å². The van der Waals surface area contributed by atoms with Crippen molar-refractivity contribution in [2.24, 2.45) is 13.0 Å². The van der Waals surface area contributed by atoms with Gasteiger partial charge in [0.1, 0.15) is 11.3 Å². The third-order valence-electron chi connectivity index (χ3n) is 4.26. The summed E-state index contributed by atoms with van der Waals surface area (Å²) in [5.74, 6) is 1.45. The Morgan fingerprint density at radius 2 is 1.85 bits per heavy atom. The highest BCUT2D eigenvalue weighted by molar-refractivity contribution is 5.69. The van der Waals surface area contributed by atoms with Crippen LogP contribution in [0.5, 0.6) is 0 Å². The SMILES string of the molecule is Cn1c(=O)[nH]c(=O)c2[nH]c(CC3CCCCCC3)nc21. The van der Waals surface area contributed by atoms with Crippen LogP contribution in [0, 0.1) is 5.92 Å². The molecule has 2 aromatic heterocycles. The molecule has 20 heavy (non-hydrogen) atoms. The molecular weight excluding hydrogens is 256 g/mol. The Morgan fingerprint density at radius 1 is 1.15 bits per heavy atom. The molecule has 6 heteroatoms. The number of aromatic nitrogens is 4. The minimum absolute atomic E-state index is 0.386. The number of aromatic amines is 2. The molecule has 1 saturated carbocycles. The number of nitrogens with one attached hydrogen (secondary N) is 2. The molecule has 2 aromatic rings. The van der Waals surface area contributed by atoms with Gasteiger partial charge in [0.05, 0.1) is 0 Å². The van der Waals surface area contributed by atoms with E-state index in [4.69, 9.17) is 0 Å². The standard InChI is InChI=1S/C14H20N4O2/c1-18-12-11(13(19)17-14(18)20)15-10(16-12)8-9-6-4-2-3-5-7-9/h9H,2-8H2,1H3,(H,15,16)(H,17,19,20). The molecule has 2 N–H and O–H groups in total. The van der Waals surface area contributed by atoms with Crippen molar-refractivity contribution in [3.05, 3.63) is 26.7 Å². The summed E-state index contributed by atoms with van der Waals surface area (Å²) >= 11 is 0. The summed E-state index contributed by atoms with van der Waals surface area (Å²) in [6.07, 6.45) is 8.53. The largest absolute Gasteiger partial charge is 0.336 e. The summed E-state index contributed by atoms with van der Waals surface area (Å²) in [6.45, 7) is 0. The smallest absolute Gasteiger partial charge is 0.329 e. The van der Waals surface area contributed by atoms with Crippen molar-refractivity contribution in [1.29, 1.82) is 0 Å². The van der Waals surface area contributed by atoms with Gasteiger partial charge in [-0.1, -0.05) is 38.5 Å². The fraction of sp³-hybridized carbons (Fsp3) is 0.643. The average molecular weight is 276 g/mol. The van der Waals surface area contributed by atoms with Gasteiger partial charge in [0.2, 0.25) is 0 Å². The monoisotopic (exact) mass is 276 g/mol. The molecular formula is C14H20N4O2. The van der Waals surface area contributed by atoms with Gasteiger partial charge in [-0.05, 0) is 5.92 Å². The lowest BCUT2D eigenvalue weighted by Crippen LogP contribution is -2.28. The predicted octanol–water partition coefficient (Wildman–Crippen LogP) is 1.46. The first-order chi connectivity index (χ1) is 9.65. The van der Waals surface area contributed by atoms with E-state index in [0.29, 0.717) is 17.1 Å². The summed E-state index contributed by atoms with van der Waals surface area (Å²) in [5.41, 5.74) is 0.0378. The van der Waals surface area contributed by atoms with Crippen molar-refractivity contribution < 1.29 is 0 Å². The van der Waals surface area contributed by atoms with Gasteiger partial charge in [0.15, 0.2) is 5.65 Å². The molecule has 0 atom stereocenters. The summed E-state index contributed by atoms with van der Waals surface area (Å²) in [7, 11) is 1.62. The molecule has 0 unspecified atom stereocenters. The van der Waals surface area contributed by atoms with E-state index in [1.807, 2.05) is 0 Å². The topological polar surface area (TPSA) is 83.5 Å². The Morgan fingerprint density at radius 3 is 2.55 bits per heavy atom. The first-order valence-electron chi connectivity index (χ1n) is 7.33. The normalized spacial score (nSPS) is 17.4. The van der Waals surface area contributed by atoms with Gasteiger partial charge in [-0.2, -0.15) is 0 Å². The maximum Gasteiger partial charge on any atom is 0.329 e. The Balaban J connectivity index is 1.93. The highest BCUT2D eigenvalue weighted by atomic mass is 16.2. The summed E-state index contributed by atoms with van der Waals surface area (Å²) in [5, 5.41) is 0. The van der Waals surface area contributed by atoms with Crippen LogP contribution in [0.4, 0.5) is 0 Å². The van der Waals surface area contributed by atoms with Crippen LogP contribution < -0.4 is 11.2 Å². The maximum atomic E-state index is 11.8. The number of nitrogens with zero attached hydrogens (tertiary/aromatic N) is 2. The van der Waals surface area contributed by atoms with Gasteiger partial charge < -0.3 is 4.98 Å². The first kappa shape index (κ1) is 13.1. The van der Waals surface area contributed by atoms with Crippen LogP contribution in [-0.2, 0) is 13.5 Å².